The van der Waals surface area contributed by atoms with Crippen LogP contribution in [0, 0.1) is 6.92 Å². The maximum absolute atomic E-state index is 12.3. The van der Waals surface area contributed by atoms with E-state index in [-0.39, 0.29) is 17.5 Å². The van der Waals surface area contributed by atoms with Gasteiger partial charge in [-0.1, -0.05) is 42.4 Å². The average Bonchev–Trinajstić information content (AvgIpc) is 2.88. The fourth-order valence-electron chi connectivity index (χ4n) is 2.80. The molecule has 1 fully saturated rings. The minimum atomic E-state index is -0.813. The van der Waals surface area contributed by atoms with Crippen molar-refractivity contribution in [3.05, 3.63) is 17.5 Å². The second kappa shape index (κ2) is 6.60. The first-order valence-electron chi connectivity index (χ1n) is 7.31. The molecule has 7 heteroatoms. The minimum absolute atomic E-state index is 0.0500. The van der Waals surface area contributed by atoms with E-state index >= 15 is 0 Å². The summed E-state index contributed by atoms with van der Waals surface area (Å²) in [6.07, 6.45) is 6.50. The van der Waals surface area contributed by atoms with Crippen molar-refractivity contribution in [2.75, 3.05) is 0 Å². The third kappa shape index (κ3) is 3.53. The molecule has 1 amide bonds. The van der Waals surface area contributed by atoms with Gasteiger partial charge in [0.05, 0.1) is 5.69 Å². The van der Waals surface area contributed by atoms with E-state index in [1.165, 1.54) is 6.42 Å². The van der Waals surface area contributed by atoms with Crippen LogP contribution >= 0.6 is 0 Å². The summed E-state index contributed by atoms with van der Waals surface area (Å²) in [7, 11) is 0. The number of nitrogens with one attached hydrogen (secondary N) is 1. The van der Waals surface area contributed by atoms with Crippen LogP contribution in [0.3, 0.4) is 0 Å². The van der Waals surface area contributed by atoms with Crippen LogP contribution < -0.4 is 11.1 Å². The Morgan fingerprint density at radius 1 is 1.38 bits per heavy atom. The summed E-state index contributed by atoms with van der Waals surface area (Å²) in [4.78, 5) is 12.3. The lowest BCUT2D eigenvalue weighted by Gasteiger charge is -2.34. The molecule has 1 aromatic rings. The maximum Gasteiger partial charge on any atom is 0.290 e. The molecule has 0 spiro atoms. The molecule has 0 aromatic carbocycles. The van der Waals surface area contributed by atoms with Crippen molar-refractivity contribution in [3.8, 4) is 0 Å². The van der Waals surface area contributed by atoms with E-state index in [4.69, 9.17) is 15.5 Å². The van der Waals surface area contributed by atoms with Crippen molar-refractivity contribution in [3.63, 3.8) is 0 Å². The molecule has 7 nitrogen and oxygen atoms in total. The van der Waals surface area contributed by atoms with Crippen molar-refractivity contribution in [1.29, 1.82) is 0 Å². The average molecular weight is 294 g/mol. The second-order valence-corrected chi connectivity index (χ2v) is 5.62. The molecule has 1 aliphatic carbocycles. The molecule has 116 valence electrons. The van der Waals surface area contributed by atoms with Crippen LogP contribution in [0.25, 0.3) is 0 Å². The fourth-order valence-corrected chi connectivity index (χ4v) is 2.80. The molecular weight excluding hydrogens is 272 g/mol. The van der Waals surface area contributed by atoms with Crippen molar-refractivity contribution in [1.82, 2.24) is 10.5 Å². The molecule has 0 radical (unpaired) electrons. The Hall–Kier alpha value is -2.05. The smallest absolute Gasteiger partial charge is 0.290 e. The topological polar surface area (TPSA) is 114 Å². The van der Waals surface area contributed by atoms with E-state index in [1.54, 1.807) is 13.0 Å². The monoisotopic (exact) mass is 294 g/mol. The highest BCUT2D eigenvalue weighted by atomic mass is 16.5. The number of oxime groups is 1. The van der Waals surface area contributed by atoms with Crippen LogP contribution in [-0.4, -0.2) is 27.6 Å². The number of rotatable bonds is 3. The van der Waals surface area contributed by atoms with Crippen LogP contribution in [0.2, 0.25) is 0 Å². The van der Waals surface area contributed by atoms with Crippen LogP contribution in [0.5, 0.6) is 0 Å². The number of amides is 1. The molecule has 0 bridgehead atoms. The van der Waals surface area contributed by atoms with E-state index in [9.17, 15) is 4.79 Å². The second-order valence-electron chi connectivity index (χ2n) is 5.62. The van der Waals surface area contributed by atoms with Crippen LogP contribution in [0.15, 0.2) is 15.7 Å². The van der Waals surface area contributed by atoms with Gasteiger partial charge in [0, 0.05) is 6.07 Å². The summed E-state index contributed by atoms with van der Waals surface area (Å²) in [5, 5.41) is 18.8. The van der Waals surface area contributed by atoms with Gasteiger partial charge in [-0.2, -0.15) is 0 Å². The SMILES string of the molecule is Cc1cc(C(=O)NC2(C(N)=NO)CCCCCCC2)on1. The van der Waals surface area contributed by atoms with Gasteiger partial charge < -0.3 is 20.8 Å². The third-order valence-electron chi connectivity index (χ3n) is 4.01. The van der Waals surface area contributed by atoms with E-state index in [0.717, 1.165) is 25.7 Å². The normalized spacial score (nSPS) is 19.6. The van der Waals surface area contributed by atoms with E-state index < -0.39 is 5.54 Å². The van der Waals surface area contributed by atoms with Crippen LogP contribution in [0.4, 0.5) is 0 Å². The molecule has 2 rings (SSSR count). The summed E-state index contributed by atoms with van der Waals surface area (Å²) < 4.78 is 4.98. The molecule has 1 heterocycles. The van der Waals surface area contributed by atoms with Crippen molar-refractivity contribution in [2.24, 2.45) is 10.9 Å². The lowest BCUT2D eigenvalue weighted by atomic mass is 9.82. The number of aromatic nitrogens is 1. The zero-order valence-electron chi connectivity index (χ0n) is 12.3. The highest BCUT2D eigenvalue weighted by molar-refractivity contribution is 5.98. The molecule has 21 heavy (non-hydrogen) atoms. The first-order chi connectivity index (χ1) is 10.1. The number of nitrogens with zero attached hydrogens (tertiary/aromatic N) is 2. The van der Waals surface area contributed by atoms with Gasteiger partial charge in [-0.25, -0.2) is 0 Å². The highest BCUT2D eigenvalue weighted by Crippen LogP contribution is 2.27. The third-order valence-corrected chi connectivity index (χ3v) is 4.01. The molecule has 1 aromatic heterocycles. The van der Waals surface area contributed by atoms with Crippen molar-refractivity contribution in [2.45, 2.75) is 57.4 Å². The molecule has 0 unspecified atom stereocenters. The maximum atomic E-state index is 12.3. The molecule has 0 aliphatic heterocycles. The molecule has 0 saturated heterocycles. The van der Waals surface area contributed by atoms with Gasteiger partial charge in [0.2, 0.25) is 5.76 Å². The number of aryl methyl sites for hydroxylation is 1. The molecule has 1 aliphatic rings. The predicted molar refractivity (Wildman–Crippen MR) is 77.2 cm³/mol. The molecule has 0 atom stereocenters. The van der Waals surface area contributed by atoms with Gasteiger partial charge in [0.15, 0.2) is 5.84 Å². The Morgan fingerprint density at radius 3 is 2.52 bits per heavy atom. The summed E-state index contributed by atoms with van der Waals surface area (Å²) in [5.41, 5.74) is 5.70. The zero-order valence-corrected chi connectivity index (χ0v) is 12.3. The molecular formula is C14H22N4O3. The van der Waals surface area contributed by atoms with Gasteiger partial charge in [0.25, 0.3) is 5.91 Å². The van der Waals surface area contributed by atoms with E-state index in [2.05, 4.69) is 15.6 Å². The first kappa shape index (κ1) is 15.3. The fraction of sp³-hybridized carbons (Fsp3) is 0.643. The molecule has 4 N–H and O–H groups in total. The number of hydrogen-bond acceptors (Lipinski definition) is 5. The largest absolute Gasteiger partial charge is 0.409 e. The number of amidine groups is 1. The van der Waals surface area contributed by atoms with Gasteiger partial charge in [-0.05, 0) is 19.8 Å². The van der Waals surface area contributed by atoms with E-state index in [0.29, 0.717) is 18.5 Å². The lowest BCUT2D eigenvalue weighted by Crippen LogP contribution is -2.57. The first-order valence-corrected chi connectivity index (χ1v) is 7.31. The van der Waals surface area contributed by atoms with Crippen molar-refractivity contribution < 1.29 is 14.5 Å². The number of carbonyl (C=O) groups excluding carboxylic acids is 1. The van der Waals surface area contributed by atoms with Gasteiger partial charge in [0.1, 0.15) is 5.54 Å². The number of hydrogen-bond donors (Lipinski definition) is 3. The van der Waals surface area contributed by atoms with Gasteiger partial charge in [-0.15, -0.1) is 0 Å². The number of nitrogens with two attached hydrogens (primary N) is 1. The Balaban J connectivity index is 2.20. The highest BCUT2D eigenvalue weighted by Gasteiger charge is 2.37. The van der Waals surface area contributed by atoms with Gasteiger partial charge >= 0.3 is 0 Å². The standard InChI is InChI=1S/C14H22N4O3/c1-10-9-11(21-18-10)12(19)16-14(13(15)17-20)7-5-3-2-4-6-8-14/h9,20H,2-8H2,1H3,(H2,15,17)(H,16,19). The van der Waals surface area contributed by atoms with Gasteiger partial charge in [-0.3, -0.25) is 4.79 Å². The summed E-state index contributed by atoms with van der Waals surface area (Å²) >= 11 is 0. The predicted octanol–water partition coefficient (Wildman–Crippen LogP) is 1.94. The summed E-state index contributed by atoms with van der Waals surface area (Å²) in [6.45, 7) is 1.75. The zero-order chi connectivity index (χ0) is 15.3. The summed E-state index contributed by atoms with van der Waals surface area (Å²) in [5.74, 6) is -0.198. The Kier molecular flexibility index (Phi) is 4.82. The number of carbonyl (C=O) groups is 1. The Labute approximate surface area is 123 Å². The minimum Gasteiger partial charge on any atom is -0.409 e. The summed E-state index contributed by atoms with van der Waals surface area (Å²) in [6, 6.07) is 1.57. The van der Waals surface area contributed by atoms with Crippen LogP contribution in [0.1, 0.15) is 61.2 Å². The lowest BCUT2D eigenvalue weighted by molar-refractivity contribution is 0.0872. The van der Waals surface area contributed by atoms with Crippen LogP contribution in [-0.2, 0) is 0 Å². The quantitative estimate of drug-likeness (QED) is 0.341. The Morgan fingerprint density at radius 2 is 2.00 bits per heavy atom. The van der Waals surface area contributed by atoms with Crippen molar-refractivity contribution >= 4 is 11.7 Å². The molecule has 1 saturated carbocycles. The van der Waals surface area contributed by atoms with E-state index in [1.807, 2.05) is 0 Å². The Bertz CT molecular complexity index is 516.